The summed E-state index contributed by atoms with van der Waals surface area (Å²) in [6.07, 6.45) is 3.79. The smallest absolute Gasteiger partial charge is 0.160 e. The summed E-state index contributed by atoms with van der Waals surface area (Å²) in [5.41, 5.74) is 4.54. The van der Waals surface area contributed by atoms with Crippen LogP contribution < -0.4 is 10.2 Å². The van der Waals surface area contributed by atoms with E-state index >= 15 is 0 Å². The largest absolute Gasteiger partial charge is 0.504 e. The van der Waals surface area contributed by atoms with E-state index in [1.807, 2.05) is 6.07 Å². The Hall–Kier alpha value is -1.26. The minimum Gasteiger partial charge on any atom is -0.504 e. The Morgan fingerprint density at radius 3 is 2.58 bits per heavy atom. The van der Waals surface area contributed by atoms with Crippen LogP contribution in [0.1, 0.15) is 38.7 Å². The molecule has 1 aromatic carbocycles. The van der Waals surface area contributed by atoms with Crippen molar-refractivity contribution in [3.63, 3.8) is 0 Å². The first-order chi connectivity index (χ1) is 9.11. The van der Waals surface area contributed by atoms with Gasteiger partial charge in [-0.1, -0.05) is 12.5 Å². The standard InChI is InChI=1S/C15H24N2O2/c1-11-5-4-6-12(2)17(11)16-10-13-7-8-15(19-3)14(18)9-13/h7-9,11-12,16,18H,4-6,10H2,1-3H3. The van der Waals surface area contributed by atoms with E-state index in [0.29, 0.717) is 17.8 Å². The van der Waals surface area contributed by atoms with Gasteiger partial charge in [0.2, 0.25) is 0 Å². The van der Waals surface area contributed by atoms with Gasteiger partial charge in [-0.3, -0.25) is 5.43 Å². The van der Waals surface area contributed by atoms with Gasteiger partial charge in [-0.2, -0.15) is 0 Å². The number of benzene rings is 1. The Bertz CT molecular complexity index is 413. The second-order valence-electron chi connectivity index (χ2n) is 5.38. The Balaban J connectivity index is 1.96. The van der Waals surface area contributed by atoms with Gasteiger partial charge in [-0.05, 0) is 44.4 Å². The van der Waals surface area contributed by atoms with Crippen LogP contribution in [0.4, 0.5) is 0 Å². The molecule has 106 valence electrons. The molecule has 0 spiro atoms. The average Bonchev–Trinajstić information content (AvgIpc) is 2.38. The van der Waals surface area contributed by atoms with E-state index < -0.39 is 0 Å². The third-order valence-electron chi connectivity index (χ3n) is 3.90. The minimum absolute atomic E-state index is 0.196. The van der Waals surface area contributed by atoms with Gasteiger partial charge in [0.05, 0.1) is 7.11 Å². The van der Waals surface area contributed by atoms with Gasteiger partial charge in [0.15, 0.2) is 11.5 Å². The van der Waals surface area contributed by atoms with Crippen LogP contribution in [-0.4, -0.2) is 29.3 Å². The van der Waals surface area contributed by atoms with E-state index in [4.69, 9.17) is 4.74 Å². The summed E-state index contributed by atoms with van der Waals surface area (Å²) in [7, 11) is 1.56. The summed E-state index contributed by atoms with van der Waals surface area (Å²) in [4.78, 5) is 0. The number of phenolic OH excluding ortho intramolecular Hbond substituents is 1. The van der Waals surface area contributed by atoms with E-state index in [9.17, 15) is 5.11 Å². The molecule has 0 aliphatic carbocycles. The van der Waals surface area contributed by atoms with Crippen LogP contribution in [-0.2, 0) is 6.54 Å². The number of nitrogens with one attached hydrogen (secondary N) is 1. The number of piperidine rings is 1. The van der Waals surface area contributed by atoms with Crippen molar-refractivity contribution in [3.05, 3.63) is 23.8 Å². The normalized spacial score (nSPS) is 24.4. The second-order valence-corrected chi connectivity index (χ2v) is 5.38. The van der Waals surface area contributed by atoms with Crippen molar-refractivity contribution in [2.45, 2.75) is 51.7 Å². The number of hydrogen-bond donors (Lipinski definition) is 2. The first-order valence-corrected chi connectivity index (χ1v) is 6.99. The van der Waals surface area contributed by atoms with Gasteiger partial charge in [0, 0.05) is 18.6 Å². The van der Waals surface area contributed by atoms with Crippen molar-refractivity contribution in [3.8, 4) is 11.5 Å². The summed E-state index contributed by atoms with van der Waals surface area (Å²) < 4.78 is 5.05. The molecule has 2 N–H and O–H groups in total. The molecule has 0 bridgehead atoms. The average molecular weight is 264 g/mol. The first kappa shape index (κ1) is 14.2. The molecule has 2 atom stereocenters. The predicted molar refractivity (Wildman–Crippen MR) is 76.1 cm³/mol. The van der Waals surface area contributed by atoms with E-state index in [-0.39, 0.29) is 5.75 Å². The molecule has 2 rings (SSSR count). The third kappa shape index (κ3) is 3.39. The van der Waals surface area contributed by atoms with E-state index in [2.05, 4.69) is 24.3 Å². The van der Waals surface area contributed by atoms with Crippen LogP contribution in [0, 0.1) is 0 Å². The lowest BCUT2D eigenvalue weighted by molar-refractivity contribution is 0.0435. The van der Waals surface area contributed by atoms with Crippen molar-refractivity contribution in [2.75, 3.05) is 7.11 Å². The molecule has 0 aromatic heterocycles. The fraction of sp³-hybridized carbons (Fsp3) is 0.600. The SMILES string of the molecule is COc1ccc(CNN2C(C)CCCC2C)cc1O. The molecule has 1 aliphatic heterocycles. The number of methoxy groups -OCH3 is 1. The molecule has 1 aromatic rings. The third-order valence-corrected chi connectivity index (χ3v) is 3.90. The predicted octanol–water partition coefficient (Wildman–Crippen LogP) is 2.67. The van der Waals surface area contributed by atoms with Gasteiger partial charge in [0.1, 0.15) is 0 Å². The maximum atomic E-state index is 9.77. The van der Waals surface area contributed by atoms with E-state index in [1.54, 1.807) is 19.2 Å². The van der Waals surface area contributed by atoms with Crippen molar-refractivity contribution in [1.82, 2.24) is 10.4 Å². The molecule has 1 heterocycles. The highest BCUT2D eigenvalue weighted by Gasteiger charge is 2.24. The molecular weight excluding hydrogens is 240 g/mol. The lowest BCUT2D eigenvalue weighted by Gasteiger charge is -2.39. The van der Waals surface area contributed by atoms with Crippen LogP contribution in [0.25, 0.3) is 0 Å². The highest BCUT2D eigenvalue weighted by atomic mass is 16.5. The maximum absolute atomic E-state index is 9.77. The van der Waals surface area contributed by atoms with Crippen LogP contribution in [0.5, 0.6) is 11.5 Å². The second kappa shape index (κ2) is 6.26. The summed E-state index contributed by atoms with van der Waals surface area (Å²) in [6.45, 7) is 5.24. The van der Waals surface area contributed by atoms with Crippen LogP contribution in [0.3, 0.4) is 0 Å². The quantitative estimate of drug-likeness (QED) is 0.877. The summed E-state index contributed by atoms with van der Waals surface area (Å²) in [5, 5.41) is 12.1. The Morgan fingerprint density at radius 1 is 1.32 bits per heavy atom. The molecule has 2 unspecified atom stereocenters. The zero-order valence-electron chi connectivity index (χ0n) is 12.0. The molecule has 1 saturated heterocycles. The fourth-order valence-electron chi connectivity index (χ4n) is 2.76. The highest BCUT2D eigenvalue weighted by molar-refractivity contribution is 5.41. The molecule has 4 heteroatoms. The summed E-state index contributed by atoms with van der Waals surface area (Å²) >= 11 is 0. The monoisotopic (exact) mass is 264 g/mol. The number of ether oxygens (including phenoxy) is 1. The van der Waals surface area contributed by atoms with Crippen LogP contribution >= 0.6 is 0 Å². The number of hydrazine groups is 1. The number of aromatic hydroxyl groups is 1. The molecular formula is C15H24N2O2. The molecule has 19 heavy (non-hydrogen) atoms. The Labute approximate surface area is 115 Å². The van der Waals surface area contributed by atoms with Gasteiger partial charge in [-0.15, -0.1) is 0 Å². The van der Waals surface area contributed by atoms with Crippen molar-refractivity contribution < 1.29 is 9.84 Å². The molecule has 1 fully saturated rings. The summed E-state index contributed by atoms with van der Waals surface area (Å²) in [5.74, 6) is 0.713. The zero-order chi connectivity index (χ0) is 13.8. The van der Waals surface area contributed by atoms with Crippen LogP contribution in [0.2, 0.25) is 0 Å². The van der Waals surface area contributed by atoms with Crippen molar-refractivity contribution in [1.29, 1.82) is 0 Å². The van der Waals surface area contributed by atoms with Crippen molar-refractivity contribution in [2.24, 2.45) is 0 Å². The van der Waals surface area contributed by atoms with E-state index in [1.165, 1.54) is 19.3 Å². The number of rotatable bonds is 4. The first-order valence-electron chi connectivity index (χ1n) is 6.99. The molecule has 0 saturated carbocycles. The Kier molecular flexibility index (Phi) is 4.66. The number of phenols is 1. The highest BCUT2D eigenvalue weighted by Crippen LogP contribution is 2.26. The lowest BCUT2D eigenvalue weighted by atomic mass is 10.00. The van der Waals surface area contributed by atoms with Gasteiger partial charge in [0.25, 0.3) is 0 Å². The summed E-state index contributed by atoms with van der Waals surface area (Å²) in [6, 6.07) is 6.66. The van der Waals surface area contributed by atoms with Crippen LogP contribution in [0.15, 0.2) is 18.2 Å². The molecule has 0 amide bonds. The van der Waals surface area contributed by atoms with Gasteiger partial charge in [-0.25, -0.2) is 5.01 Å². The van der Waals surface area contributed by atoms with Crippen molar-refractivity contribution >= 4 is 0 Å². The number of hydrogen-bond acceptors (Lipinski definition) is 4. The minimum atomic E-state index is 0.196. The Morgan fingerprint density at radius 2 is 2.00 bits per heavy atom. The molecule has 0 radical (unpaired) electrons. The fourth-order valence-corrected chi connectivity index (χ4v) is 2.76. The van der Waals surface area contributed by atoms with Gasteiger partial charge >= 0.3 is 0 Å². The number of nitrogens with zero attached hydrogens (tertiary/aromatic N) is 1. The lowest BCUT2D eigenvalue weighted by Crippen LogP contribution is -2.51. The maximum Gasteiger partial charge on any atom is 0.160 e. The molecule has 4 nitrogen and oxygen atoms in total. The van der Waals surface area contributed by atoms with Gasteiger partial charge < -0.3 is 9.84 Å². The molecule has 1 aliphatic rings. The topological polar surface area (TPSA) is 44.7 Å². The van der Waals surface area contributed by atoms with E-state index in [0.717, 1.165) is 12.1 Å². The zero-order valence-corrected chi connectivity index (χ0v) is 12.0.